The Morgan fingerprint density at radius 2 is 1.82 bits per heavy atom. The second kappa shape index (κ2) is 8.03. The third-order valence-electron chi connectivity index (χ3n) is 5.49. The van der Waals surface area contributed by atoms with Crippen LogP contribution < -0.4 is 4.74 Å². The van der Waals surface area contributed by atoms with Gasteiger partial charge in [-0.3, -0.25) is 4.79 Å². The topological polar surface area (TPSA) is 59.3 Å². The maximum Gasteiger partial charge on any atom is 0.327 e. The van der Waals surface area contributed by atoms with Gasteiger partial charge in [-0.2, -0.15) is 5.26 Å². The molecule has 1 aliphatic rings. The van der Waals surface area contributed by atoms with E-state index in [2.05, 4.69) is 6.07 Å². The molecular formula is C22H21Cl2NO3. The molecule has 0 saturated heterocycles. The number of carbonyl (C=O) groups excluding carboxylic acids is 1. The summed E-state index contributed by atoms with van der Waals surface area (Å²) in [6.45, 7) is 3.79. The Bertz CT molecular complexity index is 892. The smallest absolute Gasteiger partial charge is 0.327 e. The van der Waals surface area contributed by atoms with Gasteiger partial charge in [0.05, 0.1) is 6.07 Å². The highest BCUT2D eigenvalue weighted by Crippen LogP contribution is 2.71. The summed E-state index contributed by atoms with van der Waals surface area (Å²) in [6.07, 6.45) is 0.374. The van der Waals surface area contributed by atoms with Crippen molar-refractivity contribution >= 4 is 29.2 Å². The Morgan fingerprint density at radius 3 is 2.46 bits per heavy atom. The zero-order valence-electron chi connectivity index (χ0n) is 15.7. The lowest BCUT2D eigenvalue weighted by Crippen LogP contribution is -2.23. The van der Waals surface area contributed by atoms with Gasteiger partial charge in [0.2, 0.25) is 0 Å². The van der Waals surface area contributed by atoms with Gasteiger partial charge in [0, 0.05) is 0 Å². The SMILES string of the molecule is CC1(C)[C@H](CC(Cl)Cl)[C@]1(C#N)C(=O)OCc1cccc(Oc2ccccc2)c1. The van der Waals surface area contributed by atoms with Crippen LogP contribution in [0.2, 0.25) is 0 Å². The van der Waals surface area contributed by atoms with Crippen LogP contribution in [0, 0.1) is 28.1 Å². The number of hydrogen-bond acceptors (Lipinski definition) is 4. The Hall–Kier alpha value is -2.22. The van der Waals surface area contributed by atoms with Crippen molar-refractivity contribution in [3.8, 4) is 17.6 Å². The highest BCUT2D eigenvalue weighted by Gasteiger charge is 2.77. The number of carbonyl (C=O) groups is 1. The van der Waals surface area contributed by atoms with Gasteiger partial charge in [0.25, 0.3) is 0 Å². The lowest BCUT2D eigenvalue weighted by molar-refractivity contribution is -0.150. The van der Waals surface area contributed by atoms with E-state index in [1.165, 1.54) is 0 Å². The summed E-state index contributed by atoms with van der Waals surface area (Å²) in [5.74, 6) is 0.601. The Labute approximate surface area is 175 Å². The molecule has 28 heavy (non-hydrogen) atoms. The molecule has 2 atom stereocenters. The van der Waals surface area contributed by atoms with E-state index in [4.69, 9.17) is 32.7 Å². The monoisotopic (exact) mass is 417 g/mol. The fourth-order valence-electron chi connectivity index (χ4n) is 3.78. The van der Waals surface area contributed by atoms with E-state index in [0.29, 0.717) is 12.2 Å². The van der Waals surface area contributed by atoms with Crippen molar-refractivity contribution in [3.63, 3.8) is 0 Å². The molecule has 4 nitrogen and oxygen atoms in total. The molecule has 3 rings (SSSR count). The van der Waals surface area contributed by atoms with E-state index in [1.54, 1.807) is 0 Å². The lowest BCUT2D eigenvalue weighted by atomic mass is 9.98. The molecule has 0 unspecified atom stereocenters. The third kappa shape index (κ3) is 3.83. The summed E-state index contributed by atoms with van der Waals surface area (Å²) in [6, 6.07) is 18.9. The number of nitriles is 1. The molecule has 1 saturated carbocycles. The molecule has 0 radical (unpaired) electrons. The van der Waals surface area contributed by atoms with Crippen molar-refractivity contribution in [2.75, 3.05) is 0 Å². The zero-order valence-corrected chi connectivity index (χ0v) is 17.2. The first-order valence-corrected chi connectivity index (χ1v) is 9.87. The van der Waals surface area contributed by atoms with Crippen LogP contribution in [-0.4, -0.2) is 10.8 Å². The van der Waals surface area contributed by atoms with Crippen LogP contribution >= 0.6 is 23.2 Å². The first-order valence-electron chi connectivity index (χ1n) is 8.99. The molecule has 0 spiro atoms. The predicted molar refractivity (Wildman–Crippen MR) is 108 cm³/mol. The number of esters is 1. The van der Waals surface area contributed by atoms with Gasteiger partial charge in [-0.05, 0) is 47.6 Å². The van der Waals surface area contributed by atoms with Crippen molar-refractivity contribution in [2.24, 2.45) is 16.7 Å². The number of ether oxygens (including phenoxy) is 2. The van der Waals surface area contributed by atoms with Crippen molar-refractivity contribution in [1.29, 1.82) is 5.26 Å². The van der Waals surface area contributed by atoms with E-state index < -0.39 is 21.6 Å². The minimum atomic E-state index is -1.22. The molecule has 146 valence electrons. The molecule has 0 amide bonds. The molecule has 0 aliphatic heterocycles. The molecule has 2 aromatic carbocycles. The van der Waals surface area contributed by atoms with E-state index in [-0.39, 0.29) is 12.5 Å². The molecule has 0 heterocycles. The van der Waals surface area contributed by atoms with Crippen LogP contribution in [0.5, 0.6) is 11.5 Å². The number of hydrogen-bond donors (Lipinski definition) is 0. The fraction of sp³-hybridized carbons (Fsp3) is 0.364. The number of halogens is 2. The minimum Gasteiger partial charge on any atom is -0.460 e. The maximum absolute atomic E-state index is 12.8. The standard InChI is InChI=1S/C22H21Cl2NO3/c1-21(2)18(12-19(23)24)22(21,14-25)20(26)27-13-15-7-6-10-17(11-15)28-16-8-4-3-5-9-16/h3-11,18-19H,12-13H2,1-2H3/t18-,22+/m0/s1. The molecule has 6 heteroatoms. The quantitative estimate of drug-likeness (QED) is 0.416. The normalized spacial score (nSPS) is 22.4. The number of alkyl halides is 2. The van der Waals surface area contributed by atoms with Crippen molar-refractivity contribution in [3.05, 3.63) is 60.2 Å². The number of nitrogens with zero attached hydrogens (tertiary/aromatic N) is 1. The average molecular weight is 418 g/mol. The fourth-order valence-corrected chi connectivity index (χ4v) is 4.14. The number of para-hydroxylation sites is 1. The van der Waals surface area contributed by atoms with Gasteiger partial charge >= 0.3 is 5.97 Å². The van der Waals surface area contributed by atoms with Crippen LogP contribution in [0.25, 0.3) is 0 Å². The van der Waals surface area contributed by atoms with Crippen molar-refractivity contribution in [1.82, 2.24) is 0 Å². The molecule has 1 fully saturated rings. The summed E-state index contributed by atoms with van der Waals surface area (Å²) in [7, 11) is 0. The minimum absolute atomic E-state index is 0.0578. The summed E-state index contributed by atoms with van der Waals surface area (Å²) >= 11 is 11.8. The molecule has 0 aromatic heterocycles. The predicted octanol–water partition coefficient (Wildman–Crippen LogP) is 5.88. The van der Waals surface area contributed by atoms with Gasteiger partial charge in [0.1, 0.15) is 22.9 Å². The van der Waals surface area contributed by atoms with Crippen LogP contribution in [0.3, 0.4) is 0 Å². The van der Waals surface area contributed by atoms with Crippen molar-refractivity contribution < 1.29 is 14.3 Å². The third-order valence-corrected chi connectivity index (χ3v) is 5.84. The van der Waals surface area contributed by atoms with Gasteiger partial charge in [0.15, 0.2) is 5.41 Å². The highest BCUT2D eigenvalue weighted by molar-refractivity contribution is 6.44. The van der Waals surface area contributed by atoms with E-state index in [9.17, 15) is 10.1 Å². The molecule has 2 aromatic rings. The molecular weight excluding hydrogens is 397 g/mol. The molecule has 0 bridgehead atoms. The number of rotatable bonds is 7. The molecule has 1 aliphatic carbocycles. The van der Waals surface area contributed by atoms with Gasteiger partial charge in [-0.15, -0.1) is 23.2 Å². The summed E-state index contributed by atoms with van der Waals surface area (Å²) in [5.41, 5.74) is -0.968. The molecule has 0 N–H and O–H groups in total. The van der Waals surface area contributed by atoms with Crippen LogP contribution in [0.1, 0.15) is 25.8 Å². The first-order chi connectivity index (χ1) is 13.3. The van der Waals surface area contributed by atoms with E-state index in [1.807, 2.05) is 68.4 Å². The largest absolute Gasteiger partial charge is 0.460 e. The van der Waals surface area contributed by atoms with Crippen LogP contribution in [-0.2, 0) is 16.1 Å². The Kier molecular flexibility index (Phi) is 5.88. The van der Waals surface area contributed by atoms with Gasteiger partial charge in [-0.1, -0.05) is 44.2 Å². The first kappa shape index (κ1) is 20.5. The van der Waals surface area contributed by atoms with Gasteiger partial charge < -0.3 is 9.47 Å². The second-order valence-corrected chi connectivity index (χ2v) is 8.74. The summed E-state index contributed by atoms with van der Waals surface area (Å²) in [4.78, 5) is 12.1. The highest BCUT2D eigenvalue weighted by atomic mass is 35.5. The van der Waals surface area contributed by atoms with Crippen molar-refractivity contribution in [2.45, 2.75) is 31.7 Å². The van der Waals surface area contributed by atoms with Crippen LogP contribution in [0.15, 0.2) is 54.6 Å². The van der Waals surface area contributed by atoms with Gasteiger partial charge in [-0.25, -0.2) is 0 Å². The maximum atomic E-state index is 12.8. The number of benzene rings is 2. The Balaban J connectivity index is 1.66. The van der Waals surface area contributed by atoms with E-state index in [0.717, 1.165) is 11.3 Å². The summed E-state index contributed by atoms with van der Waals surface area (Å²) in [5, 5.41) is 9.69. The lowest BCUT2D eigenvalue weighted by Gasteiger charge is -2.13. The average Bonchev–Trinajstić information content (AvgIpc) is 3.14. The Morgan fingerprint density at radius 1 is 1.14 bits per heavy atom. The van der Waals surface area contributed by atoms with Crippen LogP contribution in [0.4, 0.5) is 0 Å². The zero-order chi connectivity index (χ0) is 20.4. The second-order valence-electron chi connectivity index (χ2n) is 7.46. The summed E-state index contributed by atoms with van der Waals surface area (Å²) < 4.78 is 11.3. The van der Waals surface area contributed by atoms with E-state index >= 15 is 0 Å².